The molecule has 90 valence electrons. The fraction of sp³-hybridized carbons (Fsp3) is 0.385. The number of aryl methyl sites for hydroxylation is 1. The molecule has 2 rings (SSSR count). The van der Waals surface area contributed by atoms with Gasteiger partial charge in [-0.05, 0) is 30.9 Å². The van der Waals surface area contributed by atoms with Gasteiger partial charge in [-0.25, -0.2) is 0 Å². The van der Waals surface area contributed by atoms with E-state index >= 15 is 0 Å². The Morgan fingerprint density at radius 1 is 1.35 bits per heavy atom. The van der Waals surface area contributed by atoms with E-state index in [0.717, 1.165) is 12.8 Å². The van der Waals surface area contributed by atoms with Crippen LogP contribution in [-0.4, -0.2) is 23.0 Å². The molecule has 0 aromatic heterocycles. The van der Waals surface area contributed by atoms with Crippen molar-refractivity contribution in [2.24, 2.45) is 0 Å². The molecule has 1 atom stereocenters. The number of carboxylic acid groups (broad SMARTS) is 1. The minimum Gasteiger partial charge on any atom is -0.481 e. The number of hydrogen-bond acceptors (Lipinski definition) is 2. The van der Waals surface area contributed by atoms with Crippen LogP contribution in [0.1, 0.15) is 23.1 Å². The lowest BCUT2D eigenvalue weighted by Gasteiger charge is -2.10. The van der Waals surface area contributed by atoms with Crippen LogP contribution < -0.4 is 5.32 Å². The van der Waals surface area contributed by atoms with E-state index in [2.05, 4.69) is 23.5 Å². The summed E-state index contributed by atoms with van der Waals surface area (Å²) < 4.78 is 0. The summed E-state index contributed by atoms with van der Waals surface area (Å²) in [5, 5.41) is 11.3. The number of carboxylic acids is 1. The predicted octanol–water partition coefficient (Wildman–Crippen LogP) is 1.05. The average Bonchev–Trinajstić information content (AvgIpc) is 2.57. The Morgan fingerprint density at radius 3 is 2.76 bits per heavy atom. The smallest absolute Gasteiger partial charge is 0.312 e. The molecule has 1 aromatic carbocycles. The van der Waals surface area contributed by atoms with Crippen LogP contribution in [0.5, 0.6) is 0 Å². The number of nitrogens with one attached hydrogen (secondary N) is 1. The highest BCUT2D eigenvalue weighted by atomic mass is 16.4. The first kappa shape index (κ1) is 11.6. The van der Waals surface area contributed by atoms with Crippen LogP contribution in [0.2, 0.25) is 0 Å². The minimum atomic E-state index is -1.09. The van der Waals surface area contributed by atoms with Crippen LogP contribution in [-0.2, 0) is 22.4 Å². The Morgan fingerprint density at radius 2 is 2.06 bits per heavy atom. The van der Waals surface area contributed by atoms with Crippen LogP contribution in [0, 0.1) is 6.92 Å². The van der Waals surface area contributed by atoms with Crippen molar-refractivity contribution in [3.8, 4) is 0 Å². The summed E-state index contributed by atoms with van der Waals surface area (Å²) in [4.78, 5) is 21.7. The Hall–Kier alpha value is -1.84. The van der Waals surface area contributed by atoms with Gasteiger partial charge >= 0.3 is 5.97 Å². The average molecular weight is 233 g/mol. The van der Waals surface area contributed by atoms with Crippen molar-refractivity contribution < 1.29 is 14.7 Å². The predicted molar refractivity (Wildman–Crippen MR) is 62.8 cm³/mol. The van der Waals surface area contributed by atoms with E-state index in [-0.39, 0.29) is 6.04 Å². The number of carbonyl (C=O) groups excluding carboxylic acids is 1. The normalized spacial score (nSPS) is 17.6. The SMILES string of the molecule is Cc1ccc2c(c1)CC(NC(=O)CC(=O)O)C2. The van der Waals surface area contributed by atoms with Gasteiger partial charge in [-0.15, -0.1) is 0 Å². The zero-order valence-corrected chi connectivity index (χ0v) is 9.69. The first-order valence-corrected chi connectivity index (χ1v) is 5.64. The number of fused-ring (bicyclic) bond motifs is 1. The van der Waals surface area contributed by atoms with Gasteiger partial charge in [-0.1, -0.05) is 23.8 Å². The topological polar surface area (TPSA) is 66.4 Å². The number of amides is 1. The Balaban J connectivity index is 1.96. The van der Waals surface area contributed by atoms with Gasteiger partial charge < -0.3 is 10.4 Å². The zero-order valence-electron chi connectivity index (χ0n) is 9.69. The summed E-state index contributed by atoms with van der Waals surface area (Å²) in [6, 6.07) is 6.30. The third kappa shape index (κ3) is 2.84. The highest BCUT2D eigenvalue weighted by Gasteiger charge is 2.23. The molecule has 1 aliphatic carbocycles. The van der Waals surface area contributed by atoms with Crippen LogP contribution in [0.15, 0.2) is 18.2 Å². The largest absolute Gasteiger partial charge is 0.481 e. The fourth-order valence-corrected chi connectivity index (χ4v) is 2.27. The molecule has 17 heavy (non-hydrogen) atoms. The fourth-order valence-electron chi connectivity index (χ4n) is 2.27. The van der Waals surface area contributed by atoms with E-state index in [1.165, 1.54) is 16.7 Å². The second kappa shape index (κ2) is 4.57. The number of rotatable bonds is 3. The molecule has 4 nitrogen and oxygen atoms in total. The van der Waals surface area contributed by atoms with E-state index in [1.54, 1.807) is 0 Å². The van der Waals surface area contributed by atoms with E-state index in [1.807, 2.05) is 6.92 Å². The molecule has 0 heterocycles. The molecule has 1 amide bonds. The maximum absolute atomic E-state index is 11.3. The second-order valence-corrected chi connectivity index (χ2v) is 4.52. The third-order valence-corrected chi connectivity index (χ3v) is 2.97. The van der Waals surface area contributed by atoms with Gasteiger partial charge in [-0.3, -0.25) is 9.59 Å². The Bertz CT molecular complexity index is 468. The lowest BCUT2D eigenvalue weighted by molar-refractivity contribution is -0.140. The summed E-state index contributed by atoms with van der Waals surface area (Å²) >= 11 is 0. The quantitative estimate of drug-likeness (QED) is 0.767. The van der Waals surface area contributed by atoms with Crippen LogP contribution >= 0.6 is 0 Å². The molecule has 0 bridgehead atoms. The molecule has 0 saturated carbocycles. The first-order valence-electron chi connectivity index (χ1n) is 5.64. The standard InChI is InChI=1S/C13H15NO3/c1-8-2-3-9-5-11(6-10(9)4-8)14-12(15)7-13(16)17/h2-4,11H,5-7H2,1H3,(H,14,15)(H,16,17). The maximum atomic E-state index is 11.3. The molecule has 0 radical (unpaired) electrons. The molecule has 1 aromatic rings. The van der Waals surface area contributed by atoms with Crippen LogP contribution in [0.4, 0.5) is 0 Å². The number of hydrogen-bond donors (Lipinski definition) is 2. The molecule has 0 spiro atoms. The number of carbonyl (C=O) groups is 2. The lowest BCUT2D eigenvalue weighted by Crippen LogP contribution is -2.36. The Labute approximate surface area is 99.6 Å². The maximum Gasteiger partial charge on any atom is 0.312 e. The number of aliphatic carboxylic acids is 1. The molecule has 0 aliphatic heterocycles. The van der Waals surface area contributed by atoms with Gasteiger partial charge in [0.05, 0.1) is 0 Å². The first-order chi connectivity index (χ1) is 8.04. The molecule has 0 saturated heterocycles. The summed E-state index contributed by atoms with van der Waals surface area (Å²) in [5.41, 5.74) is 3.71. The summed E-state index contributed by atoms with van der Waals surface area (Å²) in [7, 11) is 0. The Kier molecular flexibility index (Phi) is 3.13. The molecular formula is C13H15NO3. The van der Waals surface area contributed by atoms with Crippen LogP contribution in [0.25, 0.3) is 0 Å². The molecule has 2 N–H and O–H groups in total. The monoisotopic (exact) mass is 233 g/mol. The summed E-state index contributed by atoms with van der Waals surface area (Å²) in [6.07, 6.45) is 1.13. The van der Waals surface area contributed by atoms with Gasteiger partial charge in [0.25, 0.3) is 0 Å². The lowest BCUT2D eigenvalue weighted by atomic mass is 10.1. The second-order valence-electron chi connectivity index (χ2n) is 4.52. The molecule has 1 unspecified atom stereocenters. The van der Waals surface area contributed by atoms with Gasteiger partial charge in [-0.2, -0.15) is 0 Å². The van der Waals surface area contributed by atoms with Crippen LogP contribution in [0.3, 0.4) is 0 Å². The highest BCUT2D eigenvalue weighted by Crippen LogP contribution is 2.23. The van der Waals surface area contributed by atoms with Crippen molar-refractivity contribution in [2.45, 2.75) is 32.2 Å². The minimum absolute atomic E-state index is 0.0404. The molecular weight excluding hydrogens is 218 g/mol. The van der Waals surface area contributed by atoms with Crippen molar-refractivity contribution in [1.82, 2.24) is 5.32 Å². The summed E-state index contributed by atoms with van der Waals surface area (Å²) in [5.74, 6) is -1.50. The zero-order chi connectivity index (χ0) is 12.4. The molecule has 1 aliphatic rings. The van der Waals surface area contributed by atoms with Crippen molar-refractivity contribution in [1.29, 1.82) is 0 Å². The molecule has 0 fully saturated rings. The van der Waals surface area contributed by atoms with Crippen molar-refractivity contribution in [3.63, 3.8) is 0 Å². The third-order valence-electron chi connectivity index (χ3n) is 2.97. The van der Waals surface area contributed by atoms with Crippen molar-refractivity contribution in [3.05, 3.63) is 34.9 Å². The van der Waals surface area contributed by atoms with Gasteiger partial charge in [0.2, 0.25) is 5.91 Å². The van der Waals surface area contributed by atoms with Gasteiger partial charge in [0.15, 0.2) is 0 Å². The van der Waals surface area contributed by atoms with E-state index < -0.39 is 18.3 Å². The van der Waals surface area contributed by atoms with Gasteiger partial charge in [0, 0.05) is 6.04 Å². The summed E-state index contributed by atoms with van der Waals surface area (Å²) in [6.45, 7) is 2.04. The van der Waals surface area contributed by atoms with Crippen molar-refractivity contribution in [2.75, 3.05) is 0 Å². The van der Waals surface area contributed by atoms with E-state index in [0.29, 0.717) is 0 Å². The molecule has 4 heteroatoms. The van der Waals surface area contributed by atoms with E-state index in [4.69, 9.17) is 5.11 Å². The van der Waals surface area contributed by atoms with E-state index in [9.17, 15) is 9.59 Å². The number of benzene rings is 1. The highest BCUT2D eigenvalue weighted by molar-refractivity contribution is 5.93. The van der Waals surface area contributed by atoms with Gasteiger partial charge in [0.1, 0.15) is 6.42 Å². The van der Waals surface area contributed by atoms with Crippen molar-refractivity contribution >= 4 is 11.9 Å².